The number of hydrogen-bond donors (Lipinski definition) is 1. The second-order valence-electron chi connectivity index (χ2n) is 2.45. The van der Waals surface area contributed by atoms with Crippen molar-refractivity contribution in [2.75, 3.05) is 6.61 Å². The van der Waals surface area contributed by atoms with E-state index in [-0.39, 0.29) is 0 Å². The van der Waals surface area contributed by atoms with Crippen LogP contribution in [0.3, 0.4) is 0 Å². The SMILES string of the molecule is NOCC1C=CCCC1. The first kappa shape index (κ1) is 6.78. The fourth-order valence-corrected chi connectivity index (χ4v) is 1.15. The highest BCUT2D eigenvalue weighted by atomic mass is 16.6. The average molecular weight is 127 g/mol. The molecule has 1 aliphatic carbocycles. The Labute approximate surface area is 55.6 Å². The molecule has 0 saturated carbocycles. The van der Waals surface area contributed by atoms with Crippen molar-refractivity contribution in [3.05, 3.63) is 12.2 Å². The first-order valence-corrected chi connectivity index (χ1v) is 3.42. The third-order valence-corrected chi connectivity index (χ3v) is 1.66. The van der Waals surface area contributed by atoms with Crippen molar-refractivity contribution < 1.29 is 4.84 Å². The summed E-state index contributed by atoms with van der Waals surface area (Å²) in [6.45, 7) is 0.677. The topological polar surface area (TPSA) is 35.2 Å². The molecule has 0 amide bonds. The van der Waals surface area contributed by atoms with Crippen molar-refractivity contribution in [1.82, 2.24) is 0 Å². The molecule has 1 rings (SSSR count). The summed E-state index contributed by atoms with van der Waals surface area (Å²) in [5, 5.41) is 0. The van der Waals surface area contributed by atoms with Gasteiger partial charge >= 0.3 is 0 Å². The maximum Gasteiger partial charge on any atom is 0.0741 e. The van der Waals surface area contributed by atoms with Crippen LogP contribution in [0.15, 0.2) is 12.2 Å². The summed E-state index contributed by atoms with van der Waals surface area (Å²) in [4.78, 5) is 4.53. The van der Waals surface area contributed by atoms with Crippen LogP contribution in [0.4, 0.5) is 0 Å². The molecule has 9 heavy (non-hydrogen) atoms. The Bertz CT molecular complexity index is 101. The van der Waals surface area contributed by atoms with Crippen LogP contribution in [0.5, 0.6) is 0 Å². The highest BCUT2D eigenvalue weighted by Gasteiger charge is 2.06. The van der Waals surface area contributed by atoms with E-state index < -0.39 is 0 Å². The first-order valence-electron chi connectivity index (χ1n) is 3.42. The molecule has 2 nitrogen and oxygen atoms in total. The second-order valence-corrected chi connectivity index (χ2v) is 2.45. The van der Waals surface area contributed by atoms with Crippen molar-refractivity contribution in [3.63, 3.8) is 0 Å². The lowest BCUT2D eigenvalue weighted by Gasteiger charge is -2.13. The van der Waals surface area contributed by atoms with Crippen LogP contribution in [-0.2, 0) is 4.84 Å². The van der Waals surface area contributed by atoms with Gasteiger partial charge < -0.3 is 4.84 Å². The fraction of sp³-hybridized carbons (Fsp3) is 0.714. The first-order chi connectivity index (χ1) is 4.43. The molecule has 0 heterocycles. The van der Waals surface area contributed by atoms with Gasteiger partial charge in [0.1, 0.15) is 0 Å². The quantitative estimate of drug-likeness (QED) is 0.447. The van der Waals surface area contributed by atoms with Crippen LogP contribution in [0.1, 0.15) is 19.3 Å². The third kappa shape index (κ3) is 2.16. The van der Waals surface area contributed by atoms with Crippen LogP contribution in [0.25, 0.3) is 0 Å². The minimum Gasteiger partial charge on any atom is -0.304 e. The summed E-state index contributed by atoms with van der Waals surface area (Å²) in [5.41, 5.74) is 0. The summed E-state index contributed by atoms with van der Waals surface area (Å²) < 4.78 is 0. The van der Waals surface area contributed by atoms with Crippen LogP contribution in [0.2, 0.25) is 0 Å². The van der Waals surface area contributed by atoms with Crippen LogP contribution < -0.4 is 5.90 Å². The Morgan fingerprint density at radius 1 is 1.67 bits per heavy atom. The van der Waals surface area contributed by atoms with E-state index >= 15 is 0 Å². The van der Waals surface area contributed by atoms with Crippen LogP contribution in [0, 0.1) is 5.92 Å². The molecule has 2 heteroatoms. The van der Waals surface area contributed by atoms with Crippen molar-refractivity contribution in [2.24, 2.45) is 11.8 Å². The normalized spacial score (nSPS) is 26.6. The largest absolute Gasteiger partial charge is 0.304 e. The van der Waals surface area contributed by atoms with Gasteiger partial charge in [0.15, 0.2) is 0 Å². The Balaban J connectivity index is 2.23. The molecular formula is C7H13NO. The zero-order valence-electron chi connectivity index (χ0n) is 5.55. The maximum absolute atomic E-state index is 4.93. The zero-order valence-corrected chi connectivity index (χ0v) is 5.55. The molecule has 0 aromatic rings. The predicted molar refractivity (Wildman–Crippen MR) is 36.6 cm³/mol. The van der Waals surface area contributed by atoms with Crippen LogP contribution >= 0.6 is 0 Å². The molecule has 0 aromatic carbocycles. The minimum absolute atomic E-state index is 0.573. The zero-order chi connectivity index (χ0) is 6.53. The summed E-state index contributed by atoms with van der Waals surface area (Å²) in [6.07, 6.45) is 8.13. The van der Waals surface area contributed by atoms with Gasteiger partial charge in [0.05, 0.1) is 6.61 Å². The van der Waals surface area contributed by atoms with Crippen molar-refractivity contribution in [1.29, 1.82) is 0 Å². The monoisotopic (exact) mass is 127 g/mol. The second kappa shape index (κ2) is 3.64. The molecule has 52 valence electrons. The molecule has 1 unspecified atom stereocenters. The lowest BCUT2D eigenvalue weighted by molar-refractivity contribution is 0.110. The lowest BCUT2D eigenvalue weighted by atomic mass is 9.97. The molecule has 0 spiro atoms. The van der Waals surface area contributed by atoms with Gasteiger partial charge in [-0.3, -0.25) is 0 Å². The Morgan fingerprint density at radius 3 is 3.11 bits per heavy atom. The molecular weight excluding hydrogens is 114 g/mol. The van der Waals surface area contributed by atoms with Crippen molar-refractivity contribution >= 4 is 0 Å². The van der Waals surface area contributed by atoms with E-state index in [0.717, 1.165) is 0 Å². The maximum atomic E-state index is 4.93. The molecule has 0 radical (unpaired) electrons. The van der Waals surface area contributed by atoms with Crippen molar-refractivity contribution in [2.45, 2.75) is 19.3 Å². The Morgan fingerprint density at radius 2 is 2.56 bits per heavy atom. The summed E-state index contributed by atoms with van der Waals surface area (Å²) in [6, 6.07) is 0. The van der Waals surface area contributed by atoms with E-state index in [9.17, 15) is 0 Å². The Hall–Kier alpha value is -0.340. The van der Waals surface area contributed by atoms with Gasteiger partial charge in [-0.2, -0.15) is 0 Å². The molecule has 0 bridgehead atoms. The van der Waals surface area contributed by atoms with E-state index in [2.05, 4.69) is 17.0 Å². The highest BCUT2D eigenvalue weighted by molar-refractivity contribution is 4.92. The summed E-state index contributed by atoms with van der Waals surface area (Å²) in [7, 11) is 0. The lowest BCUT2D eigenvalue weighted by Crippen LogP contribution is -2.12. The number of allylic oxidation sites excluding steroid dienone is 1. The van der Waals surface area contributed by atoms with Crippen LogP contribution in [-0.4, -0.2) is 6.61 Å². The molecule has 0 fully saturated rings. The fourth-order valence-electron chi connectivity index (χ4n) is 1.15. The van der Waals surface area contributed by atoms with Gasteiger partial charge in [0.2, 0.25) is 0 Å². The van der Waals surface area contributed by atoms with Gasteiger partial charge in [-0.05, 0) is 19.3 Å². The van der Waals surface area contributed by atoms with E-state index in [1.165, 1.54) is 19.3 Å². The number of nitrogens with two attached hydrogens (primary N) is 1. The molecule has 2 N–H and O–H groups in total. The predicted octanol–water partition coefficient (Wildman–Crippen LogP) is 1.23. The third-order valence-electron chi connectivity index (χ3n) is 1.66. The van der Waals surface area contributed by atoms with E-state index in [1.807, 2.05) is 0 Å². The highest BCUT2D eigenvalue weighted by Crippen LogP contribution is 2.16. The van der Waals surface area contributed by atoms with Gasteiger partial charge in [0, 0.05) is 5.92 Å². The average Bonchev–Trinajstić information content (AvgIpc) is 1.91. The molecule has 0 aliphatic heterocycles. The minimum atomic E-state index is 0.573. The molecule has 0 saturated heterocycles. The summed E-state index contributed by atoms with van der Waals surface area (Å²) >= 11 is 0. The number of rotatable bonds is 2. The molecule has 1 atom stereocenters. The molecule has 1 aliphatic rings. The molecule has 0 aromatic heterocycles. The van der Waals surface area contributed by atoms with Gasteiger partial charge in [-0.1, -0.05) is 12.2 Å². The van der Waals surface area contributed by atoms with E-state index in [1.54, 1.807) is 0 Å². The smallest absolute Gasteiger partial charge is 0.0741 e. The summed E-state index contributed by atoms with van der Waals surface area (Å²) in [5.74, 6) is 5.50. The van der Waals surface area contributed by atoms with Gasteiger partial charge in [0.25, 0.3) is 0 Å². The van der Waals surface area contributed by atoms with E-state index in [0.29, 0.717) is 12.5 Å². The Kier molecular flexibility index (Phi) is 2.74. The number of hydrogen-bond acceptors (Lipinski definition) is 2. The van der Waals surface area contributed by atoms with Gasteiger partial charge in [-0.25, -0.2) is 5.90 Å². The standard InChI is InChI=1S/C7H13NO/c8-9-6-7-4-2-1-3-5-7/h2,4,7H,1,3,5-6,8H2. The van der Waals surface area contributed by atoms with E-state index in [4.69, 9.17) is 5.90 Å². The van der Waals surface area contributed by atoms with Crippen molar-refractivity contribution in [3.8, 4) is 0 Å². The van der Waals surface area contributed by atoms with Gasteiger partial charge in [-0.15, -0.1) is 0 Å².